The Morgan fingerprint density at radius 2 is 1.95 bits per heavy atom. The number of hydrogen-bond donors (Lipinski definition) is 1. The van der Waals surface area contributed by atoms with Gasteiger partial charge in [-0.05, 0) is 45.4 Å². The maximum Gasteiger partial charge on any atom is 0.129 e. The molecule has 0 aliphatic rings. The molecule has 0 aromatic heterocycles. The molecule has 0 saturated carbocycles. The Bertz CT molecular complexity index is 402. The van der Waals surface area contributed by atoms with Crippen LogP contribution in [0, 0.1) is 11.6 Å². The Balaban J connectivity index is 2.67. The third-order valence-electron chi connectivity index (χ3n) is 2.69. The largest absolute Gasteiger partial charge is 0.374 e. The zero-order valence-corrected chi connectivity index (χ0v) is 12.1. The molecule has 1 aromatic carbocycles. The van der Waals surface area contributed by atoms with Crippen molar-refractivity contribution in [3.63, 3.8) is 0 Å². The van der Waals surface area contributed by atoms with Gasteiger partial charge in [-0.3, -0.25) is 0 Å². The average Bonchev–Trinajstić information content (AvgIpc) is 2.28. The van der Waals surface area contributed by atoms with E-state index in [1.807, 2.05) is 27.7 Å². The van der Waals surface area contributed by atoms with Crippen LogP contribution in [0.3, 0.4) is 0 Å². The van der Waals surface area contributed by atoms with Crippen LogP contribution < -0.4 is 5.32 Å². The van der Waals surface area contributed by atoms with Crippen molar-refractivity contribution in [3.8, 4) is 0 Å². The lowest BCUT2D eigenvalue weighted by molar-refractivity contribution is -0.0142. The van der Waals surface area contributed by atoms with E-state index in [-0.39, 0.29) is 11.6 Å². The topological polar surface area (TPSA) is 21.3 Å². The van der Waals surface area contributed by atoms with Crippen LogP contribution in [-0.2, 0) is 11.2 Å². The van der Waals surface area contributed by atoms with Crippen molar-refractivity contribution in [2.24, 2.45) is 0 Å². The zero-order valence-electron chi connectivity index (χ0n) is 12.1. The lowest BCUT2D eigenvalue weighted by atomic mass is 10.1. The molecule has 1 N–H and O–H groups in total. The van der Waals surface area contributed by atoms with Crippen molar-refractivity contribution in [1.29, 1.82) is 0 Å². The van der Waals surface area contributed by atoms with E-state index >= 15 is 0 Å². The van der Waals surface area contributed by atoms with Crippen molar-refractivity contribution in [2.45, 2.75) is 45.8 Å². The minimum absolute atomic E-state index is 0.0178. The number of rotatable bonds is 6. The van der Waals surface area contributed by atoms with Gasteiger partial charge in [-0.15, -0.1) is 0 Å². The summed E-state index contributed by atoms with van der Waals surface area (Å²) in [5.41, 5.74) is 0.277. The van der Waals surface area contributed by atoms with E-state index in [2.05, 4.69) is 5.32 Å². The summed E-state index contributed by atoms with van der Waals surface area (Å²) in [5.74, 6) is -1.05. The molecule has 1 aromatic rings. The maximum absolute atomic E-state index is 13.6. The summed E-state index contributed by atoms with van der Waals surface area (Å²) in [5, 5.41) is 3.26. The molecule has 1 unspecified atom stereocenters. The molecule has 0 amide bonds. The number of benzene rings is 1. The van der Waals surface area contributed by atoms with Crippen molar-refractivity contribution < 1.29 is 13.5 Å². The highest BCUT2D eigenvalue weighted by Crippen LogP contribution is 2.14. The number of nitrogens with one attached hydrogen (secondary N) is 1. The fraction of sp³-hybridized carbons (Fsp3) is 0.600. The van der Waals surface area contributed by atoms with Crippen molar-refractivity contribution in [3.05, 3.63) is 35.4 Å². The highest BCUT2D eigenvalue weighted by atomic mass is 19.1. The zero-order chi connectivity index (χ0) is 14.5. The Morgan fingerprint density at radius 1 is 1.26 bits per heavy atom. The summed E-state index contributed by atoms with van der Waals surface area (Å²) in [6, 6.07) is 3.71. The van der Waals surface area contributed by atoms with E-state index in [4.69, 9.17) is 4.74 Å². The van der Waals surface area contributed by atoms with Gasteiger partial charge in [0.15, 0.2) is 0 Å². The van der Waals surface area contributed by atoms with Crippen LogP contribution in [0.2, 0.25) is 0 Å². The van der Waals surface area contributed by atoms with Gasteiger partial charge in [-0.1, -0.05) is 13.0 Å². The molecule has 0 saturated heterocycles. The summed E-state index contributed by atoms with van der Waals surface area (Å²) in [6.07, 6.45) is 0.482. The second-order valence-corrected chi connectivity index (χ2v) is 5.62. The quantitative estimate of drug-likeness (QED) is 0.857. The van der Waals surface area contributed by atoms with Crippen LogP contribution in [0.15, 0.2) is 18.2 Å². The van der Waals surface area contributed by atoms with E-state index in [0.29, 0.717) is 18.6 Å². The molecule has 0 spiro atoms. The van der Waals surface area contributed by atoms with Gasteiger partial charge in [0.05, 0.1) is 12.2 Å². The van der Waals surface area contributed by atoms with Crippen LogP contribution >= 0.6 is 0 Å². The Hall–Kier alpha value is -1.00. The molecule has 19 heavy (non-hydrogen) atoms. The summed E-state index contributed by atoms with van der Waals surface area (Å²) < 4.78 is 32.2. The maximum atomic E-state index is 13.6. The number of ether oxygens (including phenoxy) is 1. The Kier molecular flexibility index (Phi) is 5.88. The first kappa shape index (κ1) is 16.1. The summed E-state index contributed by atoms with van der Waals surface area (Å²) in [7, 11) is 0. The summed E-state index contributed by atoms with van der Waals surface area (Å²) >= 11 is 0. The minimum Gasteiger partial charge on any atom is -0.374 e. The summed E-state index contributed by atoms with van der Waals surface area (Å²) in [4.78, 5) is 0. The van der Waals surface area contributed by atoms with Crippen molar-refractivity contribution in [1.82, 2.24) is 5.32 Å². The van der Waals surface area contributed by atoms with E-state index < -0.39 is 11.6 Å². The smallest absolute Gasteiger partial charge is 0.129 e. The van der Waals surface area contributed by atoms with Gasteiger partial charge >= 0.3 is 0 Å². The number of hydrogen-bond acceptors (Lipinski definition) is 2. The van der Waals surface area contributed by atoms with E-state index in [1.165, 1.54) is 12.1 Å². The molecule has 2 nitrogen and oxygen atoms in total. The molecule has 108 valence electrons. The van der Waals surface area contributed by atoms with Crippen molar-refractivity contribution in [2.75, 3.05) is 13.2 Å². The Morgan fingerprint density at radius 3 is 2.47 bits per heavy atom. The highest BCUT2D eigenvalue weighted by Gasteiger charge is 2.16. The minimum atomic E-state index is -0.549. The molecule has 0 aliphatic carbocycles. The average molecular weight is 271 g/mol. The van der Waals surface area contributed by atoms with Gasteiger partial charge in [0.2, 0.25) is 0 Å². The predicted octanol–water partition coefficient (Wildman–Crippen LogP) is 3.30. The fourth-order valence-corrected chi connectivity index (χ4v) is 1.78. The van der Waals surface area contributed by atoms with Crippen LogP contribution in [0.25, 0.3) is 0 Å². The van der Waals surface area contributed by atoms with Gasteiger partial charge in [-0.25, -0.2) is 8.78 Å². The fourth-order valence-electron chi connectivity index (χ4n) is 1.78. The van der Waals surface area contributed by atoms with Crippen LogP contribution in [0.4, 0.5) is 8.78 Å². The van der Waals surface area contributed by atoms with Gasteiger partial charge < -0.3 is 10.1 Å². The normalized spacial score (nSPS) is 13.6. The third kappa shape index (κ3) is 6.12. The first-order valence-electron chi connectivity index (χ1n) is 6.63. The van der Waals surface area contributed by atoms with E-state index in [1.54, 1.807) is 0 Å². The van der Waals surface area contributed by atoms with Crippen LogP contribution in [0.1, 0.15) is 33.3 Å². The molecule has 4 heteroatoms. The first-order chi connectivity index (χ1) is 8.81. The first-order valence-corrected chi connectivity index (χ1v) is 6.63. The molecule has 1 rings (SSSR count). The SMILES string of the molecule is CCNC(COC(C)(C)C)Cc1ccc(F)cc1F. The molecular weight excluding hydrogens is 248 g/mol. The molecular formula is C15H23F2NO. The summed E-state index contributed by atoms with van der Waals surface area (Å²) in [6.45, 7) is 9.21. The number of likely N-dealkylation sites (N-methyl/N-ethyl adjacent to an activating group) is 1. The second-order valence-electron chi connectivity index (χ2n) is 5.62. The van der Waals surface area contributed by atoms with Crippen LogP contribution in [-0.4, -0.2) is 24.8 Å². The van der Waals surface area contributed by atoms with Gasteiger partial charge in [-0.2, -0.15) is 0 Å². The lowest BCUT2D eigenvalue weighted by Crippen LogP contribution is -2.38. The third-order valence-corrected chi connectivity index (χ3v) is 2.69. The lowest BCUT2D eigenvalue weighted by Gasteiger charge is -2.25. The molecule has 0 bridgehead atoms. The monoisotopic (exact) mass is 271 g/mol. The standard InChI is InChI=1S/C15H23F2NO/c1-5-18-13(10-19-15(2,3)4)8-11-6-7-12(16)9-14(11)17/h6-7,9,13,18H,5,8,10H2,1-4H3. The van der Waals surface area contributed by atoms with E-state index in [0.717, 1.165) is 12.6 Å². The van der Waals surface area contributed by atoms with Gasteiger partial charge in [0, 0.05) is 12.1 Å². The van der Waals surface area contributed by atoms with Crippen LogP contribution in [0.5, 0.6) is 0 Å². The second kappa shape index (κ2) is 6.96. The molecule has 0 radical (unpaired) electrons. The van der Waals surface area contributed by atoms with Gasteiger partial charge in [0.25, 0.3) is 0 Å². The van der Waals surface area contributed by atoms with E-state index in [9.17, 15) is 8.78 Å². The predicted molar refractivity (Wildman–Crippen MR) is 73.2 cm³/mol. The van der Waals surface area contributed by atoms with Crippen molar-refractivity contribution >= 4 is 0 Å². The van der Waals surface area contributed by atoms with Gasteiger partial charge in [0.1, 0.15) is 11.6 Å². The number of halogens is 2. The Labute approximate surface area is 114 Å². The molecule has 0 aliphatic heterocycles. The molecule has 0 fully saturated rings. The molecule has 1 atom stereocenters. The molecule has 0 heterocycles. The highest BCUT2D eigenvalue weighted by molar-refractivity contribution is 5.19.